The van der Waals surface area contributed by atoms with Gasteiger partial charge in [0.2, 0.25) is 0 Å². The second-order valence-electron chi connectivity index (χ2n) is 3.84. The highest BCUT2D eigenvalue weighted by molar-refractivity contribution is 5.28. The minimum atomic E-state index is -0.843. The Kier molecular flexibility index (Phi) is 1.53. The van der Waals surface area contributed by atoms with Gasteiger partial charge in [-0.1, -0.05) is 13.0 Å². The summed E-state index contributed by atoms with van der Waals surface area (Å²) in [6.07, 6.45) is 3.06. The Hall–Kier alpha value is -0.370. The van der Waals surface area contributed by atoms with Crippen LogP contribution in [-0.4, -0.2) is 12.2 Å². The molecule has 2 N–H and O–H groups in total. The highest BCUT2D eigenvalue weighted by Gasteiger charge is 2.43. The molecule has 0 aliphatic heterocycles. The van der Waals surface area contributed by atoms with Crippen LogP contribution >= 0.6 is 0 Å². The van der Waals surface area contributed by atoms with Crippen LogP contribution in [0.5, 0.6) is 0 Å². The average Bonchev–Trinajstić information content (AvgIpc) is 2.76. The van der Waals surface area contributed by atoms with E-state index in [1.54, 1.807) is 0 Å². The number of hydrogen-bond acceptors (Lipinski definition) is 1. The third kappa shape index (κ3) is 1.32. The Labute approximate surface area is 66.5 Å². The van der Waals surface area contributed by atoms with Crippen molar-refractivity contribution in [3.63, 3.8) is 0 Å². The maximum atomic E-state index is 13.3. The Balaban J connectivity index is 1.88. The van der Waals surface area contributed by atoms with Crippen molar-refractivity contribution in [1.29, 1.82) is 0 Å². The number of nitrogens with two attached hydrogens (primary N) is 1. The molecule has 1 nitrogen and oxygen atoms in total. The monoisotopic (exact) mass is 155 g/mol. The molecule has 11 heavy (non-hydrogen) atoms. The van der Waals surface area contributed by atoms with E-state index < -0.39 is 6.17 Å². The Bertz CT molecular complexity index is 200. The predicted molar refractivity (Wildman–Crippen MR) is 42.8 cm³/mol. The molecule has 0 heterocycles. The molecule has 0 bridgehead atoms. The van der Waals surface area contributed by atoms with Crippen molar-refractivity contribution in [2.75, 3.05) is 0 Å². The summed E-state index contributed by atoms with van der Waals surface area (Å²) in [7, 11) is 0. The van der Waals surface area contributed by atoms with Gasteiger partial charge in [0, 0.05) is 6.04 Å². The molecule has 1 unspecified atom stereocenters. The standard InChI is InChI=1S/C9H14FN/c1-5-4-7(5)9(11)8(10)6-2-3-6/h2,5,7-9H,3-4,11H2,1H3/t5?,7-,8+,9+/m1/s1. The Morgan fingerprint density at radius 1 is 1.73 bits per heavy atom. The topological polar surface area (TPSA) is 26.0 Å². The van der Waals surface area contributed by atoms with E-state index >= 15 is 0 Å². The molecule has 0 aromatic rings. The fourth-order valence-electron chi connectivity index (χ4n) is 1.64. The summed E-state index contributed by atoms with van der Waals surface area (Å²) in [6.45, 7) is 2.14. The van der Waals surface area contributed by atoms with Gasteiger partial charge in [0.1, 0.15) is 6.17 Å². The van der Waals surface area contributed by atoms with E-state index in [4.69, 9.17) is 5.73 Å². The third-order valence-electron chi connectivity index (χ3n) is 2.80. The molecule has 0 aromatic carbocycles. The van der Waals surface area contributed by atoms with E-state index in [1.165, 1.54) is 0 Å². The zero-order valence-electron chi connectivity index (χ0n) is 6.76. The van der Waals surface area contributed by atoms with Gasteiger partial charge in [0.25, 0.3) is 0 Å². The third-order valence-corrected chi connectivity index (χ3v) is 2.80. The van der Waals surface area contributed by atoms with Crippen molar-refractivity contribution >= 4 is 0 Å². The van der Waals surface area contributed by atoms with Gasteiger partial charge in [0.05, 0.1) is 0 Å². The lowest BCUT2D eigenvalue weighted by atomic mass is 10.1. The summed E-state index contributed by atoms with van der Waals surface area (Å²) < 4.78 is 13.3. The average molecular weight is 155 g/mol. The maximum Gasteiger partial charge on any atom is 0.137 e. The molecule has 0 radical (unpaired) electrons. The molecule has 2 heteroatoms. The van der Waals surface area contributed by atoms with Gasteiger partial charge < -0.3 is 5.73 Å². The van der Waals surface area contributed by atoms with Crippen LogP contribution in [0.1, 0.15) is 19.8 Å². The van der Waals surface area contributed by atoms with Crippen molar-refractivity contribution in [2.45, 2.75) is 32.0 Å². The first-order valence-corrected chi connectivity index (χ1v) is 4.28. The second-order valence-corrected chi connectivity index (χ2v) is 3.84. The first-order chi connectivity index (χ1) is 5.20. The van der Waals surface area contributed by atoms with Gasteiger partial charge >= 0.3 is 0 Å². The molecule has 2 aliphatic carbocycles. The van der Waals surface area contributed by atoms with Crippen LogP contribution < -0.4 is 5.73 Å². The van der Waals surface area contributed by atoms with Gasteiger partial charge in [-0.2, -0.15) is 0 Å². The van der Waals surface area contributed by atoms with E-state index in [1.807, 2.05) is 6.08 Å². The fourth-order valence-corrected chi connectivity index (χ4v) is 1.64. The lowest BCUT2D eigenvalue weighted by Crippen LogP contribution is -2.33. The smallest absolute Gasteiger partial charge is 0.137 e. The zero-order valence-corrected chi connectivity index (χ0v) is 6.76. The number of allylic oxidation sites excluding steroid dienone is 1. The van der Waals surface area contributed by atoms with Crippen LogP contribution in [-0.2, 0) is 0 Å². The molecule has 1 fully saturated rings. The molecule has 2 rings (SSSR count). The Morgan fingerprint density at radius 2 is 2.27 bits per heavy atom. The highest BCUT2D eigenvalue weighted by atomic mass is 19.1. The van der Waals surface area contributed by atoms with Crippen LogP contribution in [0, 0.1) is 11.8 Å². The minimum absolute atomic E-state index is 0.223. The van der Waals surface area contributed by atoms with Crippen molar-refractivity contribution in [3.05, 3.63) is 11.6 Å². The first kappa shape index (κ1) is 7.29. The largest absolute Gasteiger partial charge is 0.325 e. The fraction of sp³-hybridized carbons (Fsp3) is 0.778. The van der Waals surface area contributed by atoms with Gasteiger partial charge in [-0.3, -0.25) is 0 Å². The lowest BCUT2D eigenvalue weighted by molar-refractivity contribution is 0.304. The summed E-state index contributed by atoms with van der Waals surface area (Å²) >= 11 is 0. The van der Waals surface area contributed by atoms with Crippen LogP contribution in [0.4, 0.5) is 4.39 Å². The number of rotatable bonds is 3. The van der Waals surface area contributed by atoms with Crippen molar-refractivity contribution in [2.24, 2.45) is 17.6 Å². The molecular weight excluding hydrogens is 141 g/mol. The molecule has 0 saturated heterocycles. The zero-order chi connectivity index (χ0) is 8.01. The van der Waals surface area contributed by atoms with E-state index in [0.29, 0.717) is 11.8 Å². The van der Waals surface area contributed by atoms with Gasteiger partial charge in [-0.25, -0.2) is 4.39 Å². The second kappa shape index (κ2) is 2.31. The maximum absolute atomic E-state index is 13.3. The van der Waals surface area contributed by atoms with Crippen LogP contribution in [0.3, 0.4) is 0 Å². The number of halogens is 1. The van der Waals surface area contributed by atoms with Gasteiger partial charge in [0.15, 0.2) is 0 Å². The van der Waals surface area contributed by atoms with E-state index in [0.717, 1.165) is 18.4 Å². The number of alkyl halides is 1. The quantitative estimate of drug-likeness (QED) is 0.616. The van der Waals surface area contributed by atoms with Crippen LogP contribution in [0.25, 0.3) is 0 Å². The molecule has 2 aliphatic rings. The molecular formula is C9H14FN. The lowest BCUT2D eigenvalue weighted by Gasteiger charge is -2.13. The molecule has 62 valence electrons. The van der Waals surface area contributed by atoms with E-state index in [-0.39, 0.29) is 6.04 Å². The molecule has 0 spiro atoms. The normalized spacial score (nSPS) is 39.4. The van der Waals surface area contributed by atoms with Crippen molar-refractivity contribution in [3.8, 4) is 0 Å². The van der Waals surface area contributed by atoms with Crippen molar-refractivity contribution < 1.29 is 4.39 Å². The predicted octanol–water partition coefficient (Wildman–Crippen LogP) is 1.64. The summed E-state index contributed by atoms with van der Waals surface area (Å²) in [5.41, 5.74) is 6.67. The molecule has 4 atom stereocenters. The van der Waals surface area contributed by atoms with Crippen molar-refractivity contribution in [1.82, 2.24) is 0 Å². The molecule has 1 saturated carbocycles. The van der Waals surface area contributed by atoms with E-state index in [2.05, 4.69) is 6.92 Å². The summed E-state index contributed by atoms with van der Waals surface area (Å²) in [6, 6.07) is -0.223. The minimum Gasteiger partial charge on any atom is -0.325 e. The van der Waals surface area contributed by atoms with Gasteiger partial charge in [-0.15, -0.1) is 0 Å². The van der Waals surface area contributed by atoms with E-state index in [9.17, 15) is 4.39 Å². The van der Waals surface area contributed by atoms with Gasteiger partial charge in [-0.05, 0) is 30.3 Å². The summed E-state index contributed by atoms with van der Waals surface area (Å²) in [5.74, 6) is 1.11. The van der Waals surface area contributed by atoms with Crippen LogP contribution in [0.2, 0.25) is 0 Å². The highest BCUT2D eigenvalue weighted by Crippen LogP contribution is 2.43. The van der Waals surface area contributed by atoms with Crippen LogP contribution in [0.15, 0.2) is 11.6 Å². The number of hydrogen-bond donors (Lipinski definition) is 1. The first-order valence-electron chi connectivity index (χ1n) is 4.28. The Morgan fingerprint density at radius 3 is 2.64 bits per heavy atom. The summed E-state index contributed by atoms with van der Waals surface area (Å²) in [5, 5.41) is 0. The molecule has 0 aromatic heterocycles. The summed E-state index contributed by atoms with van der Waals surface area (Å²) in [4.78, 5) is 0. The SMILES string of the molecule is CC1C[C@H]1[C@H](N)[C@@H](F)C1=CC1. The molecule has 0 amide bonds.